The molecule has 3 heterocycles. The summed E-state index contributed by atoms with van der Waals surface area (Å²) in [7, 11) is 1.68. The van der Waals surface area contributed by atoms with Crippen LogP contribution >= 0.6 is 0 Å². The number of fused-ring (bicyclic) bond motifs is 1. The van der Waals surface area contributed by atoms with Gasteiger partial charge in [0.2, 0.25) is 5.91 Å². The van der Waals surface area contributed by atoms with E-state index in [-0.39, 0.29) is 5.91 Å². The number of carbonyl (C=O) groups is 1. The van der Waals surface area contributed by atoms with Gasteiger partial charge in [-0.3, -0.25) is 4.79 Å². The van der Waals surface area contributed by atoms with Crippen molar-refractivity contribution in [1.82, 2.24) is 14.9 Å². The summed E-state index contributed by atoms with van der Waals surface area (Å²) in [5.74, 6) is 2.77. The minimum atomic E-state index is -0.399. The van der Waals surface area contributed by atoms with Crippen molar-refractivity contribution in [3.63, 3.8) is 0 Å². The van der Waals surface area contributed by atoms with Crippen molar-refractivity contribution in [3.8, 4) is 5.75 Å². The Morgan fingerprint density at radius 2 is 1.94 bits per heavy atom. The summed E-state index contributed by atoms with van der Waals surface area (Å²) in [4.78, 5) is 27.1. The molecule has 2 aliphatic rings. The molecule has 0 saturated carbocycles. The fourth-order valence-corrected chi connectivity index (χ4v) is 4.18. The quantitative estimate of drug-likeness (QED) is 0.752. The maximum Gasteiger partial charge on any atom is 0.228 e. The van der Waals surface area contributed by atoms with Crippen molar-refractivity contribution in [3.05, 3.63) is 46.9 Å². The lowest BCUT2D eigenvalue weighted by molar-refractivity contribution is -0.140. The molecule has 7 heteroatoms. The lowest BCUT2D eigenvalue weighted by atomic mass is 9.93. The number of rotatable bonds is 4. The second kappa shape index (κ2) is 8.83. The molecule has 0 N–H and O–H groups in total. The van der Waals surface area contributed by atoms with Crippen LogP contribution < -0.4 is 9.64 Å². The van der Waals surface area contributed by atoms with Gasteiger partial charge in [-0.05, 0) is 17.7 Å². The number of amides is 1. The van der Waals surface area contributed by atoms with Crippen LogP contribution in [0.4, 0.5) is 5.82 Å². The minimum Gasteiger partial charge on any atom is -0.497 e. The van der Waals surface area contributed by atoms with Crippen molar-refractivity contribution in [2.75, 3.05) is 44.9 Å². The van der Waals surface area contributed by atoms with Gasteiger partial charge < -0.3 is 19.3 Å². The summed E-state index contributed by atoms with van der Waals surface area (Å²) in [6, 6.07) is 8.03. The third kappa shape index (κ3) is 4.82. The normalized spacial score (nSPS) is 16.8. The molecule has 1 saturated heterocycles. The highest BCUT2D eigenvalue weighted by Crippen LogP contribution is 2.30. The Bertz CT molecular complexity index is 948. The molecule has 1 aromatic carbocycles. The second-order valence-electron chi connectivity index (χ2n) is 9.24. The van der Waals surface area contributed by atoms with Gasteiger partial charge in [-0.1, -0.05) is 32.9 Å². The van der Waals surface area contributed by atoms with E-state index in [1.807, 2.05) is 43.9 Å². The Kier molecular flexibility index (Phi) is 6.14. The largest absolute Gasteiger partial charge is 0.497 e. The molecule has 0 aliphatic carbocycles. The van der Waals surface area contributed by atoms with E-state index in [2.05, 4.69) is 11.0 Å². The third-order valence-electron chi connectivity index (χ3n) is 5.82. The molecule has 31 heavy (non-hydrogen) atoms. The number of methoxy groups -OCH3 is 1. The Hall–Kier alpha value is -2.67. The molecule has 2 aliphatic heterocycles. The molecule has 166 valence electrons. The molecule has 4 rings (SSSR count). The van der Waals surface area contributed by atoms with Crippen LogP contribution in [0, 0.1) is 5.41 Å². The Morgan fingerprint density at radius 1 is 1.16 bits per heavy atom. The molecular weight excluding hydrogens is 392 g/mol. The number of morpholine rings is 1. The highest BCUT2D eigenvalue weighted by molar-refractivity contribution is 5.82. The number of aromatic nitrogens is 2. The number of anilines is 1. The lowest BCUT2D eigenvalue weighted by Crippen LogP contribution is -2.44. The first kappa shape index (κ1) is 21.6. The maximum atomic E-state index is 12.9. The molecule has 2 aromatic rings. The third-order valence-corrected chi connectivity index (χ3v) is 5.82. The zero-order valence-electron chi connectivity index (χ0n) is 19.0. The molecule has 0 radical (unpaired) electrons. The lowest BCUT2D eigenvalue weighted by Gasteiger charge is -2.36. The topological polar surface area (TPSA) is 67.8 Å². The van der Waals surface area contributed by atoms with Gasteiger partial charge in [-0.25, -0.2) is 9.97 Å². The zero-order chi connectivity index (χ0) is 22.0. The zero-order valence-corrected chi connectivity index (χ0v) is 19.0. The fourth-order valence-electron chi connectivity index (χ4n) is 4.18. The van der Waals surface area contributed by atoms with Gasteiger partial charge in [0.25, 0.3) is 0 Å². The van der Waals surface area contributed by atoms with E-state index in [1.165, 1.54) is 0 Å². The molecule has 7 nitrogen and oxygen atoms in total. The second-order valence-corrected chi connectivity index (χ2v) is 9.24. The van der Waals surface area contributed by atoms with Crippen LogP contribution in [0.5, 0.6) is 5.75 Å². The van der Waals surface area contributed by atoms with Gasteiger partial charge in [0, 0.05) is 43.5 Å². The summed E-state index contributed by atoms with van der Waals surface area (Å²) in [5, 5.41) is 0. The van der Waals surface area contributed by atoms with Crippen LogP contribution in [0.1, 0.15) is 43.4 Å². The van der Waals surface area contributed by atoms with Gasteiger partial charge in [0.05, 0.1) is 32.6 Å². The SMILES string of the molecule is COc1cccc(Cc2nc3c(c(N4CCOCC4)n2)CN(C(=O)C(C)(C)C)CC3)c1. The molecule has 1 aromatic heterocycles. The predicted octanol–water partition coefficient (Wildman–Crippen LogP) is 2.84. The Morgan fingerprint density at radius 3 is 2.65 bits per heavy atom. The van der Waals surface area contributed by atoms with Crippen molar-refractivity contribution in [1.29, 1.82) is 0 Å². The number of hydrogen-bond donors (Lipinski definition) is 0. The van der Waals surface area contributed by atoms with E-state index >= 15 is 0 Å². The van der Waals surface area contributed by atoms with Crippen LogP contribution in [0.3, 0.4) is 0 Å². The molecule has 0 unspecified atom stereocenters. The van der Waals surface area contributed by atoms with Crippen molar-refractivity contribution >= 4 is 11.7 Å². The van der Waals surface area contributed by atoms with Crippen LogP contribution in [0.25, 0.3) is 0 Å². The average Bonchev–Trinajstić information content (AvgIpc) is 2.78. The molecule has 1 fully saturated rings. The standard InChI is InChI=1S/C24H32N4O3/c1-24(2,3)23(29)28-9-8-20-19(16-28)22(27-10-12-31-13-11-27)26-21(25-20)15-17-6-5-7-18(14-17)30-4/h5-7,14H,8-13,15-16H2,1-4H3. The van der Waals surface area contributed by atoms with E-state index in [9.17, 15) is 4.79 Å². The molecular formula is C24H32N4O3. The summed E-state index contributed by atoms with van der Waals surface area (Å²) in [6.07, 6.45) is 1.40. The summed E-state index contributed by atoms with van der Waals surface area (Å²) < 4.78 is 10.9. The molecule has 1 amide bonds. The van der Waals surface area contributed by atoms with Crippen molar-refractivity contribution in [2.45, 2.75) is 40.2 Å². The maximum absolute atomic E-state index is 12.9. The molecule has 0 atom stereocenters. The number of ether oxygens (including phenoxy) is 2. The molecule has 0 spiro atoms. The first-order valence-corrected chi connectivity index (χ1v) is 11.0. The predicted molar refractivity (Wildman–Crippen MR) is 119 cm³/mol. The van der Waals surface area contributed by atoms with E-state index in [0.29, 0.717) is 32.7 Å². The van der Waals surface area contributed by atoms with Crippen LogP contribution in [0.15, 0.2) is 24.3 Å². The van der Waals surface area contributed by atoms with Crippen LogP contribution in [-0.2, 0) is 28.9 Å². The van der Waals surface area contributed by atoms with Gasteiger partial charge in [0.15, 0.2) is 0 Å². The smallest absolute Gasteiger partial charge is 0.228 e. The van der Waals surface area contributed by atoms with E-state index < -0.39 is 5.41 Å². The van der Waals surface area contributed by atoms with Gasteiger partial charge in [0.1, 0.15) is 17.4 Å². The van der Waals surface area contributed by atoms with Crippen molar-refractivity contribution < 1.29 is 14.3 Å². The van der Waals surface area contributed by atoms with E-state index in [1.54, 1.807) is 7.11 Å². The first-order valence-electron chi connectivity index (χ1n) is 11.0. The van der Waals surface area contributed by atoms with Crippen molar-refractivity contribution in [2.24, 2.45) is 5.41 Å². The number of hydrogen-bond acceptors (Lipinski definition) is 6. The fraction of sp³-hybridized carbons (Fsp3) is 0.542. The van der Waals surface area contributed by atoms with Crippen LogP contribution in [-0.4, -0.2) is 60.7 Å². The first-order chi connectivity index (χ1) is 14.8. The van der Waals surface area contributed by atoms with Crippen LogP contribution in [0.2, 0.25) is 0 Å². The Labute approximate surface area is 184 Å². The summed E-state index contributed by atoms with van der Waals surface area (Å²) in [5.41, 5.74) is 2.86. The number of benzene rings is 1. The van der Waals surface area contributed by atoms with Gasteiger partial charge >= 0.3 is 0 Å². The average molecular weight is 425 g/mol. The minimum absolute atomic E-state index is 0.173. The van der Waals surface area contributed by atoms with Gasteiger partial charge in [-0.15, -0.1) is 0 Å². The highest BCUT2D eigenvalue weighted by atomic mass is 16.5. The monoisotopic (exact) mass is 424 g/mol. The highest BCUT2D eigenvalue weighted by Gasteiger charge is 2.32. The number of carbonyl (C=O) groups excluding carboxylic acids is 1. The van der Waals surface area contributed by atoms with E-state index in [0.717, 1.165) is 53.7 Å². The Balaban J connectivity index is 1.68. The van der Waals surface area contributed by atoms with Gasteiger partial charge in [-0.2, -0.15) is 0 Å². The molecule has 0 bridgehead atoms. The van der Waals surface area contributed by atoms with E-state index in [4.69, 9.17) is 19.4 Å². The summed E-state index contributed by atoms with van der Waals surface area (Å²) in [6.45, 7) is 10.2. The number of nitrogens with zero attached hydrogens (tertiary/aromatic N) is 4. The summed E-state index contributed by atoms with van der Waals surface area (Å²) >= 11 is 0.